The van der Waals surface area contributed by atoms with Crippen molar-refractivity contribution >= 4 is 37.6 Å². The highest BCUT2D eigenvalue weighted by Crippen LogP contribution is 2.29. The number of H-pyrrole nitrogens is 1. The van der Waals surface area contributed by atoms with Crippen LogP contribution in [0, 0.1) is 0 Å². The molecule has 4 nitrogen and oxygen atoms in total. The Labute approximate surface area is 77.4 Å². The van der Waals surface area contributed by atoms with E-state index in [9.17, 15) is 0 Å². The van der Waals surface area contributed by atoms with Gasteiger partial charge in [-0.25, -0.2) is 4.98 Å². The van der Waals surface area contributed by atoms with Crippen molar-refractivity contribution in [3.63, 3.8) is 0 Å². The molecule has 0 aliphatic heterocycles. The molecule has 0 radical (unpaired) electrons. The molecule has 2 aromatic heterocycles. The Hall–Kier alpha value is -1.62. The first-order valence-electron chi connectivity index (χ1n) is 3.83. The molecule has 0 bridgehead atoms. The number of anilines is 1. The summed E-state index contributed by atoms with van der Waals surface area (Å²) in [6.45, 7) is 0. The highest BCUT2D eigenvalue weighted by Gasteiger charge is 2.05. The molecule has 0 saturated carbocycles. The van der Waals surface area contributed by atoms with Gasteiger partial charge in [0.25, 0.3) is 0 Å². The van der Waals surface area contributed by atoms with Crippen molar-refractivity contribution in [3.8, 4) is 0 Å². The number of rotatable bonds is 0. The van der Waals surface area contributed by atoms with E-state index in [1.165, 1.54) is 11.3 Å². The summed E-state index contributed by atoms with van der Waals surface area (Å²) in [7, 11) is 0. The largest absolute Gasteiger partial charge is 0.375 e. The summed E-state index contributed by atoms with van der Waals surface area (Å²) in [4.78, 5) is 4.19. The van der Waals surface area contributed by atoms with E-state index in [0.717, 1.165) is 21.1 Å². The SMILES string of the molecule is Nc1nc2ccc3cn[nH]c3c2s1. The lowest BCUT2D eigenvalue weighted by Gasteiger charge is -1.87. The van der Waals surface area contributed by atoms with Gasteiger partial charge < -0.3 is 5.73 Å². The van der Waals surface area contributed by atoms with Crippen LogP contribution in [0.1, 0.15) is 0 Å². The van der Waals surface area contributed by atoms with E-state index in [0.29, 0.717) is 5.13 Å². The molecule has 3 aromatic rings. The van der Waals surface area contributed by atoms with E-state index >= 15 is 0 Å². The first kappa shape index (κ1) is 6.85. The molecule has 13 heavy (non-hydrogen) atoms. The zero-order valence-electron chi connectivity index (χ0n) is 6.61. The lowest BCUT2D eigenvalue weighted by atomic mass is 10.2. The number of nitrogens with two attached hydrogens (primary N) is 1. The van der Waals surface area contributed by atoms with Gasteiger partial charge in [0.2, 0.25) is 0 Å². The molecule has 5 heteroatoms. The van der Waals surface area contributed by atoms with Crippen LogP contribution in [0.15, 0.2) is 18.3 Å². The number of fused-ring (bicyclic) bond motifs is 3. The summed E-state index contributed by atoms with van der Waals surface area (Å²) in [6.07, 6.45) is 1.80. The first-order valence-corrected chi connectivity index (χ1v) is 4.64. The van der Waals surface area contributed by atoms with Gasteiger partial charge in [-0.3, -0.25) is 5.10 Å². The van der Waals surface area contributed by atoms with Crippen LogP contribution in [-0.2, 0) is 0 Å². The predicted molar refractivity (Wildman–Crippen MR) is 53.7 cm³/mol. The van der Waals surface area contributed by atoms with E-state index in [1.54, 1.807) is 6.20 Å². The third-order valence-corrected chi connectivity index (χ3v) is 2.90. The number of thiazole rings is 1. The maximum Gasteiger partial charge on any atom is 0.181 e. The standard InChI is InChI=1S/C8H6N4S/c9-8-11-5-2-1-4-3-10-12-6(4)7(5)13-8/h1-3H,(H2,9,11)(H,10,12). The van der Waals surface area contributed by atoms with Crippen molar-refractivity contribution in [2.45, 2.75) is 0 Å². The average Bonchev–Trinajstić information content (AvgIpc) is 2.65. The van der Waals surface area contributed by atoms with Crippen molar-refractivity contribution in [2.75, 3.05) is 5.73 Å². The van der Waals surface area contributed by atoms with E-state index in [-0.39, 0.29) is 0 Å². The molecule has 1 aromatic carbocycles. The smallest absolute Gasteiger partial charge is 0.181 e. The summed E-state index contributed by atoms with van der Waals surface area (Å²) in [5.74, 6) is 0. The van der Waals surface area contributed by atoms with Crippen molar-refractivity contribution in [1.29, 1.82) is 0 Å². The lowest BCUT2D eigenvalue weighted by molar-refractivity contribution is 1.12. The minimum atomic E-state index is 0.595. The Morgan fingerprint density at radius 1 is 1.38 bits per heavy atom. The second-order valence-corrected chi connectivity index (χ2v) is 3.83. The van der Waals surface area contributed by atoms with Crippen molar-refractivity contribution in [2.24, 2.45) is 0 Å². The van der Waals surface area contributed by atoms with Crippen LogP contribution in [0.4, 0.5) is 5.13 Å². The molecule has 0 fully saturated rings. The molecule has 3 N–H and O–H groups in total. The third kappa shape index (κ3) is 0.844. The van der Waals surface area contributed by atoms with Gasteiger partial charge in [0.05, 0.1) is 21.9 Å². The van der Waals surface area contributed by atoms with Crippen LogP contribution in [-0.4, -0.2) is 15.2 Å². The van der Waals surface area contributed by atoms with E-state index in [2.05, 4.69) is 15.2 Å². The van der Waals surface area contributed by atoms with Crippen LogP contribution in [0.5, 0.6) is 0 Å². The molecule has 0 spiro atoms. The zero-order chi connectivity index (χ0) is 8.84. The van der Waals surface area contributed by atoms with E-state index in [1.807, 2.05) is 12.1 Å². The fraction of sp³-hybridized carbons (Fsp3) is 0. The Kier molecular flexibility index (Phi) is 1.16. The van der Waals surface area contributed by atoms with Gasteiger partial charge in [0, 0.05) is 5.39 Å². The fourth-order valence-corrected chi connectivity index (χ4v) is 2.25. The minimum absolute atomic E-state index is 0.595. The summed E-state index contributed by atoms with van der Waals surface area (Å²) >= 11 is 1.48. The maximum absolute atomic E-state index is 5.62. The van der Waals surface area contributed by atoms with Crippen LogP contribution in [0.2, 0.25) is 0 Å². The zero-order valence-corrected chi connectivity index (χ0v) is 7.43. The Bertz CT molecular complexity index is 580. The maximum atomic E-state index is 5.62. The van der Waals surface area contributed by atoms with Crippen LogP contribution < -0.4 is 5.73 Å². The van der Waals surface area contributed by atoms with Gasteiger partial charge in [0.1, 0.15) is 0 Å². The van der Waals surface area contributed by atoms with Crippen LogP contribution >= 0.6 is 11.3 Å². The number of aromatic amines is 1. The highest BCUT2D eigenvalue weighted by atomic mass is 32.1. The number of nitrogen functional groups attached to an aromatic ring is 1. The minimum Gasteiger partial charge on any atom is -0.375 e. The fourth-order valence-electron chi connectivity index (χ4n) is 1.41. The average molecular weight is 190 g/mol. The summed E-state index contributed by atoms with van der Waals surface area (Å²) in [5.41, 5.74) is 7.57. The monoisotopic (exact) mass is 190 g/mol. The van der Waals surface area contributed by atoms with Gasteiger partial charge >= 0.3 is 0 Å². The summed E-state index contributed by atoms with van der Waals surface area (Å²) in [5, 5.41) is 8.60. The molecule has 2 heterocycles. The van der Waals surface area contributed by atoms with Crippen LogP contribution in [0.25, 0.3) is 21.1 Å². The highest BCUT2D eigenvalue weighted by molar-refractivity contribution is 7.22. The topological polar surface area (TPSA) is 67.6 Å². The number of nitrogens with zero attached hydrogens (tertiary/aromatic N) is 2. The molecule has 0 aliphatic carbocycles. The number of nitrogens with one attached hydrogen (secondary N) is 1. The molecule has 0 saturated heterocycles. The molecule has 0 aliphatic rings. The van der Waals surface area contributed by atoms with Crippen LogP contribution in [0.3, 0.4) is 0 Å². The van der Waals surface area contributed by atoms with Crippen molar-refractivity contribution in [3.05, 3.63) is 18.3 Å². The predicted octanol–water partition coefficient (Wildman–Crippen LogP) is 1.75. The van der Waals surface area contributed by atoms with Crippen molar-refractivity contribution in [1.82, 2.24) is 15.2 Å². The second-order valence-electron chi connectivity index (χ2n) is 2.80. The molecule has 0 amide bonds. The lowest BCUT2D eigenvalue weighted by Crippen LogP contribution is -1.78. The van der Waals surface area contributed by atoms with E-state index < -0.39 is 0 Å². The normalized spacial score (nSPS) is 11.4. The van der Waals surface area contributed by atoms with Gasteiger partial charge in [-0.15, -0.1) is 0 Å². The Morgan fingerprint density at radius 3 is 3.23 bits per heavy atom. The molecular weight excluding hydrogens is 184 g/mol. The molecule has 0 unspecified atom stereocenters. The van der Waals surface area contributed by atoms with E-state index in [4.69, 9.17) is 5.73 Å². The summed E-state index contributed by atoms with van der Waals surface area (Å²) < 4.78 is 1.08. The van der Waals surface area contributed by atoms with Gasteiger partial charge in [-0.2, -0.15) is 5.10 Å². The van der Waals surface area contributed by atoms with Gasteiger partial charge in [-0.1, -0.05) is 11.3 Å². The van der Waals surface area contributed by atoms with Crippen molar-refractivity contribution < 1.29 is 0 Å². The number of hydrogen-bond acceptors (Lipinski definition) is 4. The Balaban J connectivity index is 2.64. The first-order chi connectivity index (χ1) is 6.34. The molecule has 64 valence electrons. The second kappa shape index (κ2) is 2.20. The Morgan fingerprint density at radius 2 is 2.31 bits per heavy atom. The number of benzene rings is 1. The van der Waals surface area contributed by atoms with Gasteiger partial charge in [0.15, 0.2) is 5.13 Å². The number of aromatic nitrogens is 3. The summed E-state index contributed by atoms with van der Waals surface area (Å²) in [6, 6.07) is 3.94. The third-order valence-electron chi connectivity index (χ3n) is 1.99. The molecule has 0 atom stereocenters. The van der Waals surface area contributed by atoms with Gasteiger partial charge in [-0.05, 0) is 12.1 Å². The quantitative estimate of drug-likeness (QED) is 0.567. The number of hydrogen-bond donors (Lipinski definition) is 2. The molecular formula is C8H6N4S. The molecule has 3 rings (SSSR count).